The Kier molecular flexibility index (Phi) is 6.73. The Morgan fingerprint density at radius 1 is 1.26 bits per heavy atom. The Labute approximate surface area is 121 Å². The maximum atomic E-state index is 12.3. The van der Waals surface area contributed by atoms with Crippen molar-refractivity contribution in [2.45, 2.75) is 26.3 Å². The van der Waals surface area contributed by atoms with Gasteiger partial charge in [0, 0.05) is 10.0 Å². The molecule has 1 atom stereocenters. The normalized spacial score (nSPS) is 11.9. The summed E-state index contributed by atoms with van der Waals surface area (Å²) in [6.07, 6.45) is 0.0522. The van der Waals surface area contributed by atoms with E-state index >= 15 is 0 Å². The summed E-state index contributed by atoms with van der Waals surface area (Å²) in [5.74, 6) is -0.457. The zero-order valence-electron chi connectivity index (χ0n) is 11.1. The van der Waals surface area contributed by atoms with Gasteiger partial charge in [-0.2, -0.15) is 0 Å². The van der Waals surface area contributed by atoms with E-state index in [1.807, 2.05) is 6.92 Å². The fourth-order valence-corrected chi connectivity index (χ4v) is 1.97. The van der Waals surface area contributed by atoms with Crippen LogP contribution >= 0.6 is 15.9 Å². The highest BCUT2D eigenvalue weighted by Gasteiger charge is 2.22. The Bertz CT molecular complexity index is 431. The predicted octanol–water partition coefficient (Wildman–Crippen LogP) is 2.56. The average molecular weight is 328 g/mol. The second-order valence-electron chi connectivity index (χ2n) is 3.99. The molecule has 0 aromatic heterocycles. The molecule has 0 saturated heterocycles. The van der Waals surface area contributed by atoms with Crippen LogP contribution in [0, 0.1) is 0 Å². The Morgan fingerprint density at radius 3 is 2.42 bits per heavy atom. The Morgan fingerprint density at radius 2 is 1.89 bits per heavy atom. The van der Waals surface area contributed by atoms with Gasteiger partial charge in [0.1, 0.15) is 0 Å². The lowest BCUT2D eigenvalue weighted by Gasteiger charge is -2.16. The second kappa shape index (κ2) is 8.07. The summed E-state index contributed by atoms with van der Waals surface area (Å²) in [6, 6.07) is 6.55. The van der Waals surface area contributed by atoms with Crippen LogP contribution < -0.4 is 5.32 Å². The molecule has 0 fully saturated rings. The van der Waals surface area contributed by atoms with Crippen LogP contribution in [0.1, 0.15) is 30.6 Å². The number of Topliss-reactive ketones (excluding diaryl/α,β-unsaturated/α-hetero) is 1. The third-order valence-electron chi connectivity index (χ3n) is 2.57. The van der Waals surface area contributed by atoms with Gasteiger partial charge in [-0.15, -0.1) is 0 Å². The first-order valence-corrected chi connectivity index (χ1v) is 7.06. The van der Waals surface area contributed by atoms with E-state index < -0.39 is 6.04 Å². The fourth-order valence-electron chi connectivity index (χ4n) is 1.71. The molecule has 0 aliphatic heterocycles. The highest BCUT2D eigenvalue weighted by molar-refractivity contribution is 9.10. The van der Waals surface area contributed by atoms with E-state index in [1.54, 1.807) is 31.2 Å². The molecule has 0 radical (unpaired) electrons. The predicted molar refractivity (Wildman–Crippen MR) is 77.2 cm³/mol. The molecule has 0 heterocycles. The maximum absolute atomic E-state index is 12.3. The Balaban J connectivity index is 2.77. The summed E-state index contributed by atoms with van der Waals surface area (Å²) < 4.78 is 5.80. The van der Waals surface area contributed by atoms with Crippen LogP contribution in [0.3, 0.4) is 0 Å². The molecule has 0 aliphatic carbocycles. The third-order valence-corrected chi connectivity index (χ3v) is 3.10. The van der Waals surface area contributed by atoms with Crippen molar-refractivity contribution in [3.63, 3.8) is 0 Å². The smallest absolute Gasteiger partial charge is 0.307 e. The van der Waals surface area contributed by atoms with Gasteiger partial charge in [0.15, 0.2) is 5.78 Å². The van der Waals surface area contributed by atoms with Crippen LogP contribution in [-0.4, -0.2) is 30.9 Å². The lowest BCUT2D eigenvalue weighted by molar-refractivity contribution is -0.143. The molecule has 4 nitrogen and oxygen atoms in total. The first-order chi connectivity index (χ1) is 9.08. The van der Waals surface area contributed by atoms with E-state index in [9.17, 15) is 9.59 Å². The second-order valence-corrected chi connectivity index (χ2v) is 4.91. The quantitative estimate of drug-likeness (QED) is 0.617. The minimum atomic E-state index is -0.537. The minimum Gasteiger partial charge on any atom is -0.466 e. The number of hydrogen-bond acceptors (Lipinski definition) is 4. The van der Waals surface area contributed by atoms with Crippen LogP contribution in [0.2, 0.25) is 0 Å². The first-order valence-electron chi connectivity index (χ1n) is 6.27. The number of ketones is 1. The lowest BCUT2D eigenvalue weighted by Crippen LogP contribution is -2.39. The molecule has 0 bridgehead atoms. The monoisotopic (exact) mass is 327 g/mol. The van der Waals surface area contributed by atoms with Crippen LogP contribution in [0.4, 0.5) is 0 Å². The molecule has 19 heavy (non-hydrogen) atoms. The van der Waals surface area contributed by atoms with Crippen molar-refractivity contribution in [3.8, 4) is 0 Å². The van der Waals surface area contributed by atoms with Crippen molar-refractivity contribution in [2.75, 3.05) is 13.2 Å². The van der Waals surface area contributed by atoms with Gasteiger partial charge in [0.25, 0.3) is 0 Å². The maximum Gasteiger partial charge on any atom is 0.307 e. The Hall–Kier alpha value is -1.20. The average Bonchev–Trinajstić information content (AvgIpc) is 2.38. The molecular formula is C14H18BrNO3. The van der Waals surface area contributed by atoms with Crippen LogP contribution in [0.5, 0.6) is 0 Å². The summed E-state index contributed by atoms with van der Waals surface area (Å²) >= 11 is 3.32. The first kappa shape index (κ1) is 15.9. The standard InChI is InChI=1S/C14H18BrNO3/c1-3-16-12(9-13(17)19-4-2)14(18)10-5-7-11(15)8-6-10/h5-8,12,16H,3-4,9H2,1-2H3. The van der Waals surface area contributed by atoms with Crippen LogP contribution in [-0.2, 0) is 9.53 Å². The van der Waals surface area contributed by atoms with Crippen molar-refractivity contribution in [3.05, 3.63) is 34.3 Å². The van der Waals surface area contributed by atoms with Gasteiger partial charge in [-0.05, 0) is 25.6 Å². The molecule has 0 saturated carbocycles. The molecule has 1 N–H and O–H groups in total. The third kappa shape index (κ3) is 5.12. The van der Waals surface area contributed by atoms with Crippen LogP contribution in [0.25, 0.3) is 0 Å². The number of carbonyl (C=O) groups excluding carboxylic acids is 2. The molecule has 104 valence electrons. The number of nitrogens with one attached hydrogen (secondary N) is 1. The van der Waals surface area contributed by atoms with E-state index in [0.717, 1.165) is 4.47 Å². The highest BCUT2D eigenvalue weighted by Crippen LogP contribution is 2.13. The zero-order chi connectivity index (χ0) is 14.3. The van der Waals surface area contributed by atoms with E-state index in [0.29, 0.717) is 18.7 Å². The molecule has 0 amide bonds. The van der Waals surface area contributed by atoms with Crippen molar-refractivity contribution in [1.29, 1.82) is 0 Å². The molecule has 1 unspecified atom stereocenters. The lowest BCUT2D eigenvalue weighted by atomic mass is 10.0. The van der Waals surface area contributed by atoms with Crippen molar-refractivity contribution >= 4 is 27.7 Å². The number of carbonyl (C=O) groups is 2. The summed E-state index contributed by atoms with van der Waals surface area (Å²) in [5, 5.41) is 3.02. The summed E-state index contributed by atoms with van der Waals surface area (Å²) in [7, 11) is 0. The number of hydrogen-bond donors (Lipinski definition) is 1. The van der Waals surface area contributed by atoms with Gasteiger partial charge in [0.2, 0.25) is 0 Å². The largest absolute Gasteiger partial charge is 0.466 e. The van der Waals surface area contributed by atoms with Gasteiger partial charge in [-0.3, -0.25) is 9.59 Å². The number of esters is 1. The molecular weight excluding hydrogens is 310 g/mol. The zero-order valence-corrected chi connectivity index (χ0v) is 12.7. The van der Waals surface area contributed by atoms with Crippen molar-refractivity contribution in [1.82, 2.24) is 5.32 Å². The highest BCUT2D eigenvalue weighted by atomic mass is 79.9. The number of benzene rings is 1. The molecule has 1 aromatic rings. The summed E-state index contributed by atoms with van der Waals surface area (Å²) in [5.41, 5.74) is 0.582. The van der Waals surface area contributed by atoms with Gasteiger partial charge in [-0.1, -0.05) is 35.0 Å². The number of halogens is 1. The van der Waals surface area contributed by atoms with E-state index in [1.165, 1.54) is 0 Å². The minimum absolute atomic E-state index is 0.0522. The van der Waals surface area contributed by atoms with Crippen molar-refractivity contribution < 1.29 is 14.3 Å². The number of ether oxygens (including phenoxy) is 1. The topological polar surface area (TPSA) is 55.4 Å². The molecule has 0 aliphatic rings. The van der Waals surface area contributed by atoms with E-state index in [4.69, 9.17) is 4.74 Å². The number of likely N-dealkylation sites (N-methyl/N-ethyl adjacent to an activating group) is 1. The van der Waals surface area contributed by atoms with Crippen LogP contribution in [0.15, 0.2) is 28.7 Å². The molecule has 1 rings (SSSR count). The SMILES string of the molecule is CCNC(CC(=O)OCC)C(=O)c1ccc(Br)cc1. The van der Waals surface area contributed by atoms with E-state index in [2.05, 4.69) is 21.2 Å². The molecule has 1 aromatic carbocycles. The van der Waals surface area contributed by atoms with Gasteiger partial charge < -0.3 is 10.1 Å². The van der Waals surface area contributed by atoms with E-state index in [-0.39, 0.29) is 18.2 Å². The number of rotatable bonds is 7. The fraction of sp³-hybridized carbons (Fsp3) is 0.429. The molecule has 0 spiro atoms. The summed E-state index contributed by atoms with van der Waals surface area (Å²) in [6.45, 7) is 4.58. The summed E-state index contributed by atoms with van der Waals surface area (Å²) in [4.78, 5) is 23.8. The molecule has 5 heteroatoms. The van der Waals surface area contributed by atoms with Gasteiger partial charge in [-0.25, -0.2) is 0 Å². The van der Waals surface area contributed by atoms with Gasteiger partial charge in [0.05, 0.1) is 19.1 Å². The van der Waals surface area contributed by atoms with Gasteiger partial charge >= 0.3 is 5.97 Å². The van der Waals surface area contributed by atoms with Crippen molar-refractivity contribution in [2.24, 2.45) is 0 Å².